The second-order valence-corrected chi connectivity index (χ2v) is 14.9. The van der Waals surface area contributed by atoms with E-state index in [1.54, 1.807) is 71.7 Å². The number of hydrogen-bond donors (Lipinski definition) is 0. The monoisotopic (exact) mass is 947 g/mol. The van der Waals surface area contributed by atoms with Crippen LogP contribution >= 0.6 is 0 Å². The Kier molecular flexibility index (Phi) is 7.43. The van der Waals surface area contributed by atoms with Crippen LogP contribution < -0.4 is 9.30 Å². The summed E-state index contributed by atoms with van der Waals surface area (Å²) < 4.78 is 115. The minimum Gasteiger partial charge on any atom is -0.510 e. The largest absolute Gasteiger partial charge is 0.510 e. The Balaban J connectivity index is 0.00000659. The SMILES string of the molecule is [2H]c1c([2H])c([2H])c(-c2cccc(-c3c([2H])c([2H])c([2H])c([2H])c3[2H])c2-[n+]2[c-]n(-c3[c-]c(Oc4[c-]c5c(cc4)c4cc(C(C)(C)C)ccc4n5-c4cc(C([2H])([2H])C(C)C)ccn4)ccc3)cc2)c([2H])c1[2H].[Pt]. The average Bonchev–Trinajstić information content (AvgIpc) is 3.94. The van der Waals surface area contributed by atoms with Gasteiger partial charge in [-0.1, -0.05) is 131 Å². The minimum absolute atomic E-state index is 0. The summed E-state index contributed by atoms with van der Waals surface area (Å²) in [5.74, 6) is 0.933. The van der Waals surface area contributed by atoms with Crippen LogP contribution in [0.15, 0.2) is 158 Å². The molecule has 0 atom stereocenters. The van der Waals surface area contributed by atoms with Crippen LogP contribution in [0.4, 0.5) is 0 Å². The summed E-state index contributed by atoms with van der Waals surface area (Å²) in [5, 5.41) is 1.88. The Morgan fingerprint density at radius 1 is 0.793 bits per heavy atom. The Morgan fingerprint density at radius 2 is 1.48 bits per heavy atom. The average molecular weight is 948 g/mol. The number of fused-ring (bicyclic) bond motifs is 3. The van der Waals surface area contributed by atoms with Crippen LogP contribution in [0.1, 0.15) is 62.2 Å². The van der Waals surface area contributed by atoms with Gasteiger partial charge in [0.2, 0.25) is 0 Å². The fraction of sp³-hybridized carbons (Fsp3) is 0.154. The third-order valence-electron chi connectivity index (χ3n) is 9.57. The van der Waals surface area contributed by atoms with Gasteiger partial charge in [0.1, 0.15) is 5.82 Å². The summed E-state index contributed by atoms with van der Waals surface area (Å²) in [6.07, 6.45) is 6.47. The first-order valence-corrected chi connectivity index (χ1v) is 18.6. The van der Waals surface area contributed by atoms with Crippen molar-refractivity contribution in [1.29, 1.82) is 0 Å². The molecule has 0 fully saturated rings. The van der Waals surface area contributed by atoms with E-state index >= 15 is 0 Å². The van der Waals surface area contributed by atoms with E-state index in [0.29, 0.717) is 34.1 Å². The Bertz CT molecular complexity index is 3420. The van der Waals surface area contributed by atoms with Crippen molar-refractivity contribution in [3.63, 3.8) is 0 Å². The molecule has 0 amide bonds. The number of nitrogens with zero attached hydrogens (tertiary/aromatic N) is 4. The molecule has 290 valence electrons. The molecule has 0 aliphatic carbocycles. The first-order valence-electron chi connectivity index (χ1n) is 24.6. The molecule has 5 nitrogen and oxygen atoms in total. The van der Waals surface area contributed by atoms with E-state index in [-0.39, 0.29) is 60.3 Å². The number of aromatic nitrogens is 4. The maximum absolute atomic E-state index is 8.85. The molecule has 0 saturated heterocycles. The summed E-state index contributed by atoms with van der Waals surface area (Å²) in [5.41, 5.74) is 3.64. The third-order valence-corrected chi connectivity index (χ3v) is 9.57. The molecular formula is C52H44N4OPt-2. The molecular weight excluding hydrogens is 892 g/mol. The maximum Gasteiger partial charge on any atom is 0.267 e. The number of imidazole rings is 1. The van der Waals surface area contributed by atoms with Gasteiger partial charge in [-0.2, -0.15) is 18.2 Å². The number of benzene rings is 6. The van der Waals surface area contributed by atoms with Crippen LogP contribution in [0.2, 0.25) is 0 Å². The van der Waals surface area contributed by atoms with Crippen molar-refractivity contribution < 1.29 is 46.8 Å². The van der Waals surface area contributed by atoms with E-state index in [1.165, 1.54) is 4.57 Å². The second-order valence-electron chi connectivity index (χ2n) is 14.9. The zero-order chi connectivity index (χ0) is 49.6. The normalized spacial score (nSPS) is 14.8. The van der Waals surface area contributed by atoms with Gasteiger partial charge in [0.15, 0.2) is 0 Å². The van der Waals surface area contributed by atoms with Crippen LogP contribution in [0, 0.1) is 24.4 Å². The van der Waals surface area contributed by atoms with Gasteiger partial charge in [-0.3, -0.25) is 4.57 Å². The smallest absolute Gasteiger partial charge is 0.267 e. The van der Waals surface area contributed by atoms with Gasteiger partial charge < -0.3 is 13.9 Å². The van der Waals surface area contributed by atoms with E-state index in [9.17, 15) is 0 Å². The molecule has 0 unspecified atom stereocenters. The maximum atomic E-state index is 8.85. The molecule has 0 bridgehead atoms. The molecule has 3 heterocycles. The number of pyridine rings is 1. The van der Waals surface area contributed by atoms with E-state index in [0.717, 1.165) is 21.9 Å². The summed E-state index contributed by atoms with van der Waals surface area (Å²) in [4.78, 5) is 4.73. The molecule has 58 heavy (non-hydrogen) atoms. The summed E-state index contributed by atoms with van der Waals surface area (Å²) in [7, 11) is 0. The Hall–Kier alpha value is -6.03. The molecule has 0 saturated carbocycles. The standard InChI is InChI=1S/C52H44N4O.Pt/c1-36(2)30-37-26-27-53-50(31-37)56-48-25-22-40(52(3,4)5)32-47(48)46-24-23-43(34-49(46)56)57-42-19-12-18-41(33-42)54-28-29-55(35-54)51-44(38-14-8-6-9-15-38)20-13-21-45(51)39-16-10-7-11-17-39;/h6-29,31-32,36H,30H2,1-5H3;/q-2;/i6D,7D,8D,9D,10D,11D,14D,15D,16D,17D,30D2;. The molecule has 0 N–H and O–H groups in total. The van der Waals surface area contributed by atoms with Gasteiger partial charge in [0, 0.05) is 59.4 Å². The predicted molar refractivity (Wildman–Crippen MR) is 231 cm³/mol. The summed E-state index contributed by atoms with van der Waals surface area (Å²) in [6, 6.07) is 24.9. The van der Waals surface area contributed by atoms with Gasteiger partial charge in [-0.15, -0.1) is 29.7 Å². The van der Waals surface area contributed by atoms with Crippen LogP contribution in [0.5, 0.6) is 11.5 Å². The number of hydrogen-bond acceptors (Lipinski definition) is 2. The first-order chi connectivity index (χ1) is 32.6. The molecule has 0 radical (unpaired) electrons. The van der Waals surface area contributed by atoms with E-state index in [2.05, 4.69) is 57.4 Å². The van der Waals surface area contributed by atoms with Crippen molar-refractivity contribution in [2.24, 2.45) is 5.92 Å². The fourth-order valence-electron chi connectivity index (χ4n) is 6.96. The molecule has 3 aromatic heterocycles. The van der Waals surface area contributed by atoms with Gasteiger partial charge in [0.25, 0.3) is 6.33 Å². The van der Waals surface area contributed by atoms with Crippen LogP contribution in [-0.2, 0) is 32.9 Å². The second kappa shape index (κ2) is 16.1. The van der Waals surface area contributed by atoms with Gasteiger partial charge in [0.05, 0.1) is 19.4 Å². The predicted octanol–water partition coefficient (Wildman–Crippen LogP) is 12.3. The minimum atomic E-state index is -1.61. The fourth-order valence-corrected chi connectivity index (χ4v) is 6.96. The number of rotatable bonds is 9. The zero-order valence-corrected chi connectivity index (χ0v) is 34.6. The van der Waals surface area contributed by atoms with Crippen LogP contribution in [0.3, 0.4) is 0 Å². The summed E-state index contributed by atoms with van der Waals surface area (Å²) >= 11 is 0. The first kappa shape index (κ1) is 26.8. The Morgan fingerprint density at radius 3 is 2.17 bits per heavy atom. The van der Waals surface area contributed by atoms with Crippen molar-refractivity contribution in [3.8, 4) is 50.9 Å². The van der Waals surface area contributed by atoms with Gasteiger partial charge >= 0.3 is 0 Å². The Labute approximate surface area is 372 Å². The van der Waals surface area contributed by atoms with Crippen molar-refractivity contribution in [2.75, 3.05) is 0 Å². The van der Waals surface area contributed by atoms with E-state index in [4.69, 9.17) is 26.2 Å². The van der Waals surface area contributed by atoms with Gasteiger partial charge in [-0.25, -0.2) is 4.98 Å². The van der Waals surface area contributed by atoms with Gasteiger partial charge in [-0.05, 0) is 80.4 Å². The topological polar surface area (TPSA) is 35.9 Å². The summed E-state index contributed by atoms with van der Waals surface area (Å²) in [6.45, 7) is 10.2. The molecule has 0 spiro atoms. The van der Waals surface area contributed by atoms with E-state index in [1.807, 2.05) is 30.5 Å². The molecule has 9 rings (SSSR count). The van der Waals surface area contributed by atoms with Crippen LogP contribution in [-0.4, -0.2) is 14.1 Å². The van der Waals surface area contributed by atoms with Crippen molar-refractivity contribution in [2.45, 2.75) is 46.4 Å². The van der Waals surface area contributed by atoms with Crippen molar-refractivity contribution in [1.82, 2.24) is 14.1 Å². The molecule has 6 heteroatoms. The van der Waals surface area contributed by atoms with E-state index < -0.39 is 66.8 Å². The zero-order valence-electron chi connectivity index (χ0n) is 44.3. The number of para-hydroxylation sites is 1. The molecule has 0 aliphatic rings. The molecule has 9 aromatic rings. The van der Waals surface area contributed by atoms with Crippen molar-refractivity contribution in [3.05, 3.63) is 187 Å². The molecule has 6 aromatic carbocycles. The van der Waals surface area contributed by atoms with Crippen molar-refractivity contribution >= 4 is 21.8 Å². The number of ether oxygens (including phenoxy) is 1. The third kappa shape index (κ3) is 7.67. The van der Waals surface area contributed by atoms with Crippen LogP contribution in [0.25, 0.3) is 61.3 Å². The quantitative estimate of drug-likeness (QED) is 0.107. The molecule has 0 aliphatic heterocycles.